The molecule has 0 aromatic rings. The van der Waals surface area contributed by atoms with Crippen LogP contribution in [0.3, 0.4) is 0 Å². The van der Waals surface area contributed by atoms with E-state index >= 15 is 0 Å². The van der Waals surface area contributed by atoms with E-state index in [1.54, 1.807) is 6.92 Å². The van der Waals surface area contributed by atoms with Gasteiger partial charge in [-0.2, -0.15) is 0 Å². The summed E-state index contributed by atoms with van der Waals surface area (Å²) in [4.78, 5) is 10.7. The van der Waals surface area contributed by atoms with Gasteiger partial charge in [-0.05, 0) is 26.2 Å². The molecule has 0 aliphatic heterocycles. The molecule has 0 unspecified atom stereocenters. The molecule has 0 aliphatic carbocycles. The fraction of sp³-hybridized carbons (Fsp3) is 0.500. The second-order valence-electron chi connectivity index (χ2n) is 2.37. The molecule has 0 saturated carbocycles. The van der Waals surface area contributed by atoms with Crippen LogP contribution in [0.4, 0.5) is 0 Å². The van der Waals surface area contributed by atoms with E-state index in [0.29, 0.717) is 6.61 Å². The predicted octanol–water partition coefficient (Wildman–Crippen LogP) is 2.46. The van der Waals surface area contributed by atoms with Gasteiger partial charge in [-0.3, -0.25) is 0 Å². The number of ether oxygens (including phenoxy) is 1. The normalized spacial score (nSPS) is 10.1. The van der Waals surface area contributed by atoms with E-state index in [-0.39, 0.29) is 5.97 Å². The molecule has 0 aromatic heterocycles. The van der Waals surface area contributed by atoms with Crippen LogP contribution in [0.15, 0.2) is 24.8 Å². The number of unbranched alkanes of at least 4 members (excludes halogenated alkanes) is 2. The third-order valence-electron chi connectivity index (χ3n) is 1.32. The molecule has 0 aliphatic rings. The summed E-state index contributed by atoms with van der Waals surface area (Å²) in [6.45, 7) is 5.84. The molecule has 0 N–H and O–H groups in total. The highest BCUT2D eigenvalue weighted by atomic mass is 16.5. The highest BCUT2D eigenvalue weighted by Gasteiger charge is 1.91. The van der Waals surface area contributed by atoms with Crippen LogP contribution in [0, 0.1) is 0 Å². The van der Waals surface area contributed by atoms with Crippen LogP contribution in [0.2, 0.25) is 0 Å². The maximum atomic E-state index is 10.7. The lowest BCUT2D eigenvalue weighted by molar-refractivity contribution is -0.137. The van der Waals surface area contributed by atoms with Crippen molar-refractivity contribution in [1.82, 2.24) is 0 Å². The van der Waals surface area contributed by atoms with E-state index in [1.807, 2.05) is 12.2 Å². The molecule has 0 rings (SSSR count). The van der Waals surface area contributed by atoms with Gasteiger partial charge in [-0.25, -0.2) is 4.79 Å². The first-order valence-electron chi connectivity index (χ1n) is 4.25. The summed E-state index contributed by atoms with van der Waals surface area (Å²) in [5, 5.41) is 0. The molecule has 0 aromatic carbocycles. The molecule has 0 fully saturated rings. The van der Waals surface area contributed by atoms with Crippen LogP contribution >= 0.6 is 0 Å². The predicted molar refractivity (Wildman–Crippen MR) is 49.8 cm³/mol. The van der Waals surface area contributed by atoms with Crippen LogP contribution < -0.4 is 0 Å². The zero-order chi connectivity index (χ0) is 9.23. The SMILES string of the molecule is C=CCCCC=CC(=O)OCC. The summed E-state index contributed by atoms with van der Waals surface area (Å²) < 4.78 is 4.70. The number of hydrogen-bond acceptors (Lipinski definition) is 2. The second kappa shape index (κ2) is 8.05. The van der Waals surface area contributed by atoms with E-state index in [9.17, 15) is 4.79 Å². The summed E-state index contributed by atoms with van der Waals surface area (Å²) in [5.41, 5.74) is 0. The standard InChI is InChI=1S/C10H16O2/c1-3-5-6-7-8-9-10(11)12-4-2/h3,8-9H,1,4-7H2,2H3. The minimum absolute atomic E-state index is 0.254. The fourth-order valence-electron chi connectivity index (χ4n) is 0.750. The smallest absolute Gasteiger partial charge is 0.330 e. The Morgan fingerprint density at radius 2 is 2.25 bits per heavy atom. The quantitative estimate of drug-likeness (QED) is 0.263. The largest absolute Gasteiger partial charge is 0.463 e. The highest BCUT2D eigenvalue weighted by molar-refractivity contribution is 5.81. The molecule has 68 valence electrons. The van der Waals surface area contributed by atoms with Crippen molar-refractivity contribution in [2.75, 3.05) is 6.61 Å². The number of rotatable bonds is 6. The maximum Gasteiger partial charge on any atom is 0.330 e. The van der Waals surface area contributed by atoms with Crippen molar-refractivity contribution in [3.05, 3.63) is 24.8 Å². The monoisotopic (exact) mass is 168 g/mol. The van der Waals surface area contributed by atoms with Gasteiger partial charge >= 0.3 is 5.97 Å². The maximum absolute atomic E-state index is 10.7. The molecule has 2 nitrogen and oxygen atoms in total. The number of esters is 1. The minimum atomic E-state index is -0.254. The van der Waals surface area contributed by atoms with E-state index in [1.165, 1.54) is 6.08 Å². The van der Waals surface area contributed by atoms with Crippen molar-refractivity contribution in [3.63, 3.8) is 0 Å². The third kappa shape index (κ3) is 7.06. The Morgan fingerprint density at radius 3 is 2.83 bits per heavy atom. The molecule has 0 amide bonds. The highest BCUT2D eigenvalue weighted by Crippen LogP contribution is 1.96. The van der Waals surface area contributed by atoms with Gasteiger partial charge in [-0.15, -0.1) is 6.58 Å². The molecule has 0 atom stereocenters. The summed E-state index contributed by atoms with van der Waals surface area (Å²) in [6.07, 6.45) is 8.13. The first kappa shape index (κ1) is 11.0. The van der Waals surface area contributed by atoms with Crippen LogP contribution in [0.1, 0.15) is 26.2 Å². The Kier molecular flexibility index (Phi) is 7.35. The van der Waals surface area contributed by atoms with Gasteiger partial charge in [0, 0.05) is 6.08 Å². The Balaban J connectivity index is 3.34. The number of allylic oxidation sites excluding steroid dienone is 2. The molecule has 0 heterocycles. The van der Waals surface area contributed by atoms with Crippen LogP contribution in [0.25, 0.3) is 0 Å². The first-order chi connectivity index (χ1) is 5.81. The number of hydrogen-bond donors (Lipinski definition) is 0. The first-order valence-corrected chi connectivity index (χ1v) is 4.25. The molecule has 0 spiro atoms. The molecule has 0 radical (unpaired) electrons. The fourth-order valence-corrected chi connectivity index (χ4v) is 0.750. The van der Waals surface area contributed by atoms with Crippen molar-refractivity contribution in [2.45, 2.75) is 26.2 Å². The van der Waals surface area contributed by atoms with Crippen molar-refractivity contribution in [2.24, 2.45) is 0 Å². The van der Waals surface area contributed by atoms with Gasteiger partial charge in [0.15, 0.2) is 0 Å². The van der Waals surface area contributed by atoms with Gasteiger partial charge in [0.05, 0.1) is 6.61 Å². The van der Waals surface area contributed by atoms with Gasteiger partial charge in [0.1, 0.15) is 0 Å². The molecular formula is C10H16O2. The lowest BCUT2D eigenvalue weighted by Crippen LogP contribution is -1.98. The van der Waals surface area contributed by atoms with E-state index in [4.69, 9.17) is 4.74 Å². The molecule has 0 saturated heterocycles. The van der Waals surface area contributed by atoms with Crippen LogP contribution in [0.5, 0.6) is 0 Å². The number of carbonyl (C=O) groups excluding carboxylic acids is 1. The van der Waals surface area contributed by atoms with Crippen molar-refractivity contribution < 1.29 is 9.53 Å². The molecular weight excluding hydrogens is 152 g/mol. The van der Waals surface area contributed by atoms with Gasteiger partial charge in [-0.1, -0.05) is 12.2 Å². The lowest BCUT2D eigenvalue weighted by atomic mass is 10.2. The Bertz CT molecular complexity index is 159. The zero-order valence-corrected chi connectivity index (χ0v) is 7.58. The molecule has 0 bridgehead atoms. The lowest BCUT2D eigenvalue weighted by Gasteiger charge is -1.94. The third-order valence-corrected chi connectivity index (χ3v) is 1.32. The van der Waals surface area contributed by atoms with E-state index < -0.39 is 0 Å². The van der Waals surface area contributed by atoms with Gasteiger partial charge in [0.25, 0.3) is 0 Å². The second-order valence-corrected chi connectivity index (χ2v) is 2.37. The van der Waals surface area contributed by atoms with Crippen molar-refractivity contribution in [3.8, 4) is 0 Å². The average Bonchev–Trinajstić information content (AvgIpc) is 2.05. The Labute approximate surface area is 73.9 Å². The minimum Gasteiger partial charge on any atom is -0.463 e. The topological polar surface area (TPSA) is 26.3 Å². The zero-order valence-electron chi connectivity index (χ0n) is 7.58. The summed E-state index contributed by atoms with van der Waals surface area (Å²) in [7, 11) is 0. The van der Waals surface area contributed by atoms with Crippen molar-refractivity contribution in [1.29, 1.82) is 0 Å². The van der Waals surface area contributed by atoms with Gasteiger partial charge < -0.3 is 4.74 Å². The van der Waals surface area contributed by atoms with Crippen molar-refractivity contribution >= 4 is 5.97 Å². The number of carbonyl (C=O) groups is 1. The van der Waals surface area contributed by atoms with Gasteiger partial charge in [0.2, 0.25) is 0 Å². The van der Waals surface area contributed by atoms with E-state index in [2.05, 4.69) is 6.58 Å². The van der Waals surface area contributed by atoms with Crippen LogP contribution in [-0.4, -0.2) is 12.6 Å². The Morgan fingerprint density at radius 1 is 1.50 bits per heavy atom. The van der Waals surface area contributed by atoms with E-state index in [0.717, 1.165) is 19.3 Å². The van der Waals surface area contributed by atoms with Crippen LogP contribution in [-0.2, 0) is 9.53 Å². The Hall–Kier alpha value is -1.05. The molecule has 2 heteroatoms. The summed E-state index contributed by atoms with van der Waals surface area (Å²) in [6, 6.07) is 0. The molecule has 12 heavy (non-hydrogen) atoms. The summed E-state index contributed by atoms with van der Waals surface area (Å²) in [5.74, 6) is -0.254. The summed E-state index contributed by atoms with van der Waals surface area (Å²) >= 11 is 0. The average molecular weight is 168 g/mol.